The van der Waals surface area contributed by atoms with E-state index in [1.807, 2.05) is 42.5 Å². The number of nitrogens with zero attached hydrogens (tertiary/aromatic N) is 1. The van der Waals surface area contributed by atoms with Gasteiger partial charge in [0.1, 0.15) is 0 Å². The highest BCUT2D eigenvalue weighted by Crippen LogP contribution is 2.16. The van der Waals surface area contributed by atoms with Crippen LogP contribution in [0.3, 0.4) is 0 Å². The Morgan fingerprint density at radius 3 is 2.54 bits per heavy atom. The predicted octanol–water partition coefficient (Wildman–Crippen LogP) is 4.43. The van der Waals surface area contributed by atoms with Crippen molar-refractivity contribution in [3.05, 3.63) is 100 Å². The van der Waals surface area contributed by atoms with Crippen LogP contribution in [0.25, 0.3) is 6.08 Å². The van der Waals surface area contributed by atoms with Crippen LogP contribution in [0.5, 0.6) is 0 Å². The van der Waals surface area contributed by atoms with E-state index in [0.717, 1.165) is 15.6 Å². The third-order valence-corrected chi connectivity index (χ3v) is 4.47. The molecule has 0 bridgehead atoms. The lowest BCUT2D eigenvalue weighted by Crippen LogP contribution is -2.22. The number of para-hydroxylation sites is 1. The molecule has 0 spiro atoms. The van der Waals surface area contributed by atoms with Crippen LogP contribution in [-0.4, -0.2) is 16.8 Å². The van der Waals surface area contributed by atoms with Crippen molar-refractivity contribution in [2.75, 3.05) is 5.32 Å². The van der Waals surface area contributed by atoms with E-state index in [9.17, 15) is 9.59 Å². The van der Waals surface area contributed by atoms with Gasteiger partial charge in [0.25, 0.3) is 5.91 Å². The van der Waals surface area contributed by atoms with E-state index in [2.05, 4.69) is 31.5 Å². The Morgan fingerprint density at radius 1 is 1.00 bits per heavy atom. The summed E-state index contributed by atoms with van der Waals surface area (Å²) in [6, 6.07) is 18.4. The zero-order valence-electron chi connectivity index (χ0n) is 14.9. The van der Waals surface area contributed by atoms with Gasteiger partial charge < -0.3 is 10.6 Å². The summed E-state index contributed by atoms with van der Waals surface area (Å²) in [5, 5.41) is 5.70. The molecule has 0 aliphatic carbocycles. The standard InChI is InChI=1S/C22H18BrN3O2/c23-19-10-7-16(8-11-19)9-12-21(27)25-15-17-4-1-2-6-20(17)26-22(28)18-5-3-13-24-14-18/h1-14H,15H2,(H,25,27)(H,26,28)/b12-9+. The van der Waals surface area contributed by atoms with Gasteiger partial charge in [-0.2, -0.15) is 0 Å². The molecule has 2 amide bonds. The first-order chi connectivity index (χ1) is 13.6. The molecule has 0 radical (unpaired) electrons. The fraction of sp³-hybridized carbons (Fsp3) is 0.0455. The van der Waals surface area contributed by atoms with E-state index >= 15 is 0 Å². The molecule has 0 saturated carbocycles. The largest absolute Gasteiger partial charge is 0.348 e. The van der Waals surface area contributed by atoms with Crippen LogP contribution in [0, 0.1) is 0 Å². The summed E-state index contributed by atoms with van der Waals surface area (Å²) in [6.45, 7) is 0.299. The molecule has 3 rings (SSSR count). The topological polar surface area (TPSA) is 71.1 Å². The first-order valence-corrected chi connectivity index (χ1v) is 9.42. The molecule has 3 aromatic rings. The van der Waals surface area contributed by atoms with Crippen LogP contribution in [-0.2, 0) is 11.3 Å². The van der Waals surface area contributed by atoms with Crippen molar-refractivity contribution in [3.63, 3.8) is 0 Å². The molecule has 2 N–H and O–H groups in total. The van der Waals surface area contributed by atoms with Crippen LogP contribution in [0.1, 0.15) is 21.5 Å². The minimum atomic E-state index is -0.248. The number of pyridine rings is 1. The van der Waals surface area contributed by atoms with E-state index in [0.29, 0.717) is 17.8 Å². The lowest BCUT2D eigenvalue weighted by molar-refractivity contribution is -0.116. The van der Waals surface area contributed by atoms with Crippen molar-refractivity contribution in [1.82, 2.24) is 10.3 Å². The summed E-state index contributed by atoms with van der Waals surface area (Å²) < 4.78 is 0.985. The second-order valence-corrected chi connectivity index (χ2v) is 6.87. The number of halogens is 1. The minimum absolute atomic E-state index is 0.212. The molecular formula is C22H18BrN3O2. The molecule has 0 unspecified atom stereocenters. The summed E-state index contributed by atoms with van der Waals surface area (Å²) in [5.74, 6) is -0.460. The van der Waals surface area contributed by atoms with Gasteiger partial charge in [-0.15, -0.1) is 0 Å². The van der Waals surface area contributed by atoms with Crippen molar-refractivity contribution in [2.24, 2.45) is 0 Å². The van der Waals surface area contributed by atoms with Crippen LogP contribution < -0.4 is 10.6 Å². The second-order valence-electron chi connectivity index (χ2n) is 5.96. The number of nitrogens with one attached hydrogen (secondary N) is 2. The fourth-order valence-corrected chi connectivity index (χ4v) is 2.74. The molecule has 0 saturated heterocycles. The van der Waals surface area contributed by atoms with Crippen LogP contribution in [0.2, 0.25) is 0 Å². The van der Waals surface area contributed by atoms with Gasteiger partial charge in [0, 0.05) is 35.2 Å². The van der Waals surface area contributed by atoms with E-state index in [1.54, 1.807) is 30.5 Å². The van der Waals surface area contributed by atoms with E-state index in [4.69, 9.17) is 0 Å². The van der Waals surface area contributed by atoms with Gasteiger partial charge in [-0.25, -0.2) is 0 Å². The molecule has 140 valence electrons. The van der Waals surface area contributed by atoms with Crippen molar-refractivity contribution in [1.29, 1.82) is 0 Å². The summed E-state index contributed by atoms with van der Waals surface area (Å²) >= 11 is 3.38. The first-order valence-electron chi connectivity index (χ1n) is 8.62. The zero-order valence-corrected chi connectivity index (χ0v) is 16.5. The number of hydrogen-bond donors (Lipinski definition) is 2. The second kappa shape index (κ2) is 9.62. The Bertz CT molecular complexity index is 986. The highest BCUT2D eigenvalue weighted by atomic mass is 79.9. The van der Waals surface area contributed by atoms with Gasteiger partial charge >= 0.3 is 0 Å². The molecular weight excluding hydrogens is 418 g/mol. The SMILES string of the molecule is O=C(/C=C/c1ccc(Br)cc1)NCc1ccccc1NC(=O)c1cccnc1. The summed E-state index contributed by atoms with van der Waals surface area (Å²) in [7, 11) is 0. The number of hydrogen-bond acceptors (Lipinski definition) is 3. The highest BCUT2D eigenvalue weighted by Gasteiger charge is 2.09. The maximum atomic E-state index is 12.3. The normalized spacial score (nSPS) is 10.6. The molecule has 5 nitrogen and oxygen atoms in total. The number of anilines is 1. The number of carbonyl (C=O) groups excluding carboxylic acids is 2. The summed E-state index contributed by atoms with van der Waals surface area (Å²) in [5.41, 5.74) is 2.86. The third kappa shape index (κ3) is 5.62. The maximum absolute atomic E-state index is 12.3. The van der Waals surface area contributed by atoms with Gasteiger partial charge in [0.2, 0.25) is 5.91 Å². The predicted molar refractivity (Wildman–Crippen MR) is 114 cm³/mol. The number of rotatable bonds is 6. The summed E-state index contributed by atoms with van der Waals surface area (Å²) in [4.78, 5) is 28.4. The van der Waals surface area contributed by atoms with Gasteiger partial charge in [0.05, 0.1) is 5.56 Å². The Balaban J connectivity index is 1.61. The number of aromatic nitrogens is 1. The maximum Gasteiger partial charge on any atom is 0.257 e. The Kier molecular flexibility index (Phi) is 6.70. The van der Waals surface area contributed by atoms with Crippen molar-refractivity contribution >= 4 is 39.5 Å². The number of benzene rings is 2. The Morgan fingerprint density at radius 2 is 1.79 bits per heavy atom. The number of carbonyl (C=O) groups is 2. The number of amides is 2. The van der Waals surface area contributed by atoms with E-state index in [-0.39, 0.29) is 11.8 Å². The Hall–Kier alpha value is -3.25. The molecule has 2 aromatic carbocycles. The molecule has 1 heterocycles. The van der Waals surface area contributed by atoms with Crippen LogP contribution in [0.4, 0.5) is 5.69 Å². The lowest BCUT2D eigenvalue weighted by Gasteiger charge is -2.11. The quantitative estimate of drug-likeness (QED) is 0.562. The molecule has 1 aromatic heterocycles. The average molecular weight is 436 g/mol. The van der Waals surface area contributed by atoms with E-state index in [1.165, 1.54) is 12.3 Å². The van der Waals surface area contributed by atoms with Gasteiger partial charge in [0.15, 0.2) is 0 Å². The molecule has 6 heteroatoms. The first kappa shape index (κ1) is 19.5. The highest BCUT2D eigenvalue weighted by molar-refractivity contribution is 9.10. The van der Waals surface area contributed by atoms with Crippen molar-refractivity contribution < 1.29 is 9.59 Å². The van der Waals surface area contributed by atoms with Crippen molar-refractivity contribution in [2.45, 2.75) is 6.54 Å². The van der Waals surface area contributed by atoms with Crippen LogP contribution >= 0.6 is 15.9 Å². The third-order valence-electron chi connectivity index (χ3n) is 3.94. The Labute approximate surface area is 171 Å². The molecule has 0 aliphatic heterocycles. The molecule has 0 atom stereocenters. The monoisotopic (exact) mass is 435 g/mol. The lowest BCUT2D eigenvalue weighted by atomic mass is 10.1. The minimum Gasteiger partial charge on any atom is -0.348 e. The van der Waals surface area contributed by atoms with Gasteiger partial charge in [-0.1, -0.05) is 46.3 Å². The molecule has 0 aliphatic rings. The molecule has 28 heavy (non-hydrogen) atoms. The fourth-order valence-electron chi connectivity index (χ4n) is 2.48. The smallest absolute Gasteiger partial charge is 0.257 e. The zero-order chi connectivity index (χ0) is 19.8. The van der Waals surface area contributed by atoms with Gasteiger partial charge in [-0.05, 0) is 47.5 Å². The van der Waals surface area contributed by atoms with Crippen molar-refractivity contribution in [3.8, 4) is 0 Å². The molecule has 0 fully saturated rings. The summed E-state index contributed by atoms with van der Waals surface area (Å²) in [6.07, 6.45) is 6.35. The van der Waals surface area contributed by atoms with E-state index < -0.39 is 0 Å². The average Bonchev–Trinajstić information content (AvgIpc) is 2.73. The van der Waals surface area contributed by atoms with Gasteiger partial charge in [-0.3, -0.25) is 14.6 Å². The van der Waals surface area contributed by atoms with Crippen LogP contribution in [0.15, 0.2) is 83.6 Å².